The lowest BCUT2D eigenvalue weighted by Gasteiger charge is -2.13. The number of rotatable bonds is 12. The molecule has 0 amide bonds. The van der Waals surface area contributed by atoms with E-state index >= 15 is 0 Å². The standard InChI is InChI=1S/C21H34O4/c1-3-4-11-18(22)12-9-10-17-15-16-20(23)19(17)13-7-5-6-8-14-21(24)25-2/h5,7,9-10,17-19,22H,3-4,6,8,11-16H2,1-2H3/b7-5-,10-9+/t17-,18?,19+/m0/s1. The van der Waals surface area contributed by atoms with Gasteiger partial charge in [-0.25, -0.2) is 0 Å². The van der Waals surface area contributed by atoms with Crippen LogP contribution in [0.15, 0.2) is 24.3 Å². The van der Waals surface area contributed by atoms with Gasteiger partial charge in [0.15, 0.2) is 0 Å². The average molecular weight is 350 g/mol. The summed E-state index contributed by atoms with van der Waals surface area (Å²) >= 11 is 0. The van der Waals surface area contributed by atoms with Crippen molar-refractivity contribution in [2.45, 2.75) is 77.2 Å². The Balaban J connectivity index is 2.33. The molecule has 0 aromatic carbocycles. The molecule has 4 nitrogen and oxygen atoms in total. The number of unbranched alkanes of at least 4 members (excludes halogenated alkanes) is 2. The summed E-state index contributed by atoms with van der Waals surface area (Å²) in [4.78, 5) is 23.1. The zero-order valence-corrected chi connectivity index (χ0v) is 15.8. The fourth-order valence-electron chi connectivity index (χ4n) is 3.27. The van der Waals surface area contributed by atoms with Crippen LogP contribution in [0.5, 0.6) is 0 Å². The highest BCUT2D eigenvalue weighted by atomic mass is 16.5. The van der Waals surface area contributed by atoms with E-state index in [1.54, 1.807) is 0 Å². The van der Waals surface area contributed by atoms with Crippen molar-refractivity contribution in [1.29, 1.82) is 0 Å². The van der Waals surface area contributed by atoms with E-state index in [1.165, 1.54) is 7.11 Å². The van der Waals surface area contributed by atoms with E-state index in [2.05, 4.69) is 36.0 Å². The number of carbonyl (C=O) groups excluding carboxylic acids is 2. The van der Waals surface area contributed by atoms with Crippen molar-refractivity contribution in [2.75, 3.05) is 7.11 Å². The predicted octanol–water partition coefficient (Wildman–Crippen LogP) is 4.37. The molecule has 1 N–H and O–H groups in total. The normalized spacial score (nSPS) is 22.1. The molecule has 1 aliphatic rings. The zero-order chi connectivity index (χ0) is 18.5. The summed E-state index contributed by atoms with van der Waals surface area (Å²) < 4.78 is 4.61. The van der Waals surface area contributed by atoms with Crippen molar-refractivity contribution < 1.29 is 19.4 Å². The van der Waals surface area contributed by atoms with Gasteiger partial charge in [0.2, 0.25) is 0 Å². The molecule has 1 fully saturated rings. The number of ketones is 1. The van der Waals surface area contributed by atoms with Gasteiger partial charge in [-0.2, -0.15) is 0 Å². The number of hydrogen-bond donors (Lipinski definition) is 1. The average Bonchev–Trinajstić information content (AvgIpc) is 2.95. The maximum Gasteiger partial charge on any atom is 0.305 e. The van der Waals surface area contributed by atoms with Gasteiger partial charge in [0.1, 0.15) is 5.78 Å². The van der Waals surface area contributed by atoms with Crippen LogP contribution < -0.4 is 0 Å². The summed E-state index contributed by atoms with van der Waals surface area (Å²) in [7, 11) is 1.40. The molecule has 1 rings (SSSR count). The smallest absolute Gasteiger partial charge is 0.305 e. The Morgan fingerprint density at radius 2 is 2.12 bits per heavy atom. The molecular weight excluding hydrogens is 316 g/mol. The van der Waals surface area contributed by atoms with E-state index in [9.17, 15) is 14.7 Å². The molecule has 0 radical (unpaired) electrons. The van der Waals surface area contributed by atoms with E-state index < -0.39 is 0 Å². The molecule has 0 aromatic heterocycles. The van der Waals surface area contributed by atoms with Gasteiger partial charge in [-0.15, -0.1) is 0 Å². The van der Waals surface area contributed by atoms with Crippen molar-refractivity contribution >= 4 is 11.8 Å². The largest absolute Gasteiger partial charge is 0.469 e. The van der Waals surface area contributed by atoms with Gasteiger partial charge in [0.25, 0.3) is 0 Å². The summed E-state index contributed by atoms with van der Waals surface area (Å²) in [6.45, 7) is 2.13. The van der Waals surface area contributed by atoms with Gasteiger partial charge < -0.3 is 9.84 Å². The van der Waals surface area contributed by atoms with E-state index in [0.717, 1.165) is 44.9 Å². The number of carbonyl (C=O) groups is 2. The number of allylic oxidation sites excluding steroid dienone is 3. The van der Waals surface area contributed by atoms with E-state index in [1.807, 2.05) is 0 Å². The summed E-state index contributed by atoms with van der Waals surface area (Å²) in [5.74, 6) is 0.539. The van der Waals surface area contributed by atoms with E-state index in [4.69, 9.17) is 0 Å². The highest BCUT2D eigenvalue weighted by molar-refractivity contribution is 5.83. The molecule has 0 bridgehead atoms. The maximum absolute atomic E-state index is 12.1. The highest BCUT2D eigenvalue weighted by Crippen LogP contribution is 2.33. The molecule has 0 saturated heterocycles. The van der Waals surface area contributed by atoms with Crippen LogP contribution in [0.4, 0.5) is 0 Å². The Morgan fingerprint density at radius 1 is 1.32 bits per heavy atom. The van der Waals surface area contributed by atoms with Crippen molar-refractivity contribution in [1.82, 2.24) is 0 Å². The number of ether oxygens (including phenoxy) is 1. The lowest BCUT2D eigenvalue weighted by molar-refractivity contribution is -0.140. The van der Waals surface area contributed by atoms with Crippen molar-refractivity contribution in [2.24, 2.45) is 11.8 Å². The first-order valence-corrected chi connectivity index (χ1v) is 9.67. The van der Waals surface area contributed by atoms with Crippen LogP contribution in [-0.2, 0) is 14.3 Å². The second kappa shape index (κ2) is 12.9. The molecule has 1 saturated carbocycles. The van der Waals surface area contributed by atoms with Crippen LogP contribution in [0.25, 0.3) is 0 Å². The van der Waals surface area contributed by atoms with Crippen LogP contribution in [0.1, 0.15) is 71.1 Å². The molecule has 0 aromatic rings. The quantitative estimate of drug-likeness (QED) is 0.322. The summed E-state index contributed by atoms with van der Waals surface area (Å²) in [5.41, 5.74) is 0. The monoisotopic (exact) mass is 350 g/mol. The molecule has 0 heterocycles. The van der Waals surface area contributed by atoms with Gasteiger partial charge in [0.05, 0.1) is 13.2 Å². The SMILES string of the molecule is CCCCC(O)C/C=C/[C@H]1CCC(=O)[C@@H]1C/C=C\CCCC(=O)OC. The third-order valence-electron chi connectivity index (χ3n) is 4.87. The minimum atomic E-state index is -0.263. The second-order valence-corrected chi connectivity index (χ2v) is 6.91. The van der Waals surface area contributed by atoms with Gasteiger partial charge in [-0.05, 0) is 44.4 Å². The third kappa shape index (κ3) is 9.01. The first kappa shape index (κ1) is 21.6. The Kier molecular flexibility index (Phi) is 11.1. The van der Waals surface area contributed by atoms with Gasteiger partial charge in [-0.1, -0.05) is 44.1 Å². The Hall–Kier alpha value is -1.42. The topological polar surface area (TPSA) is 63.6 Å². The molecule has 0 aliphatic heterocycles. The van der Waals surface area contributed by atoms with Crippen LogP contribution in [0.2, 0.25) is 0 Å². The van der Waals surface area contributed by atoms with Crippen LogP contribution in [-0.4, -0.2) is 30.1 Å². The molecular formula is C21H34O4. The zero-order valence-electron chi connectivity index (χ0n) is 15.8. The van der Waals surface area contributed by atoms with E-state index in [-0.39, 0.29) is 18.0 Å². The Bertz CT molecular complexity index is 453. The molecule has 0 spiro atoms. The van der Waals surface area contributed by atoms with Crippen LogP contribution in [0.3, 0.4) is 0 Å². The minimum absolute atomic E-state index is 0.0703. The number of aliphatic hydroxyl groups excluding tert-OH is 1. The number of methoxy groups -OCH3 is 1. The van der Waals surface area contributed by atoms with Gasteiger partial charge in [-0.3, -0.25) is 9.59 Å². The first-order chi connectivity index (χ1) is 12.1. The Labute approximate surface area is 152 Å². The molecule has 3 atom stereocenters. The molecule has 1 aliphatic carbocycles. The summed E-state index contributed by atoms with van der Waals surface area (Å²) in [5, 5.41) is 9.89. The fourth-order valence-corrected chi connectivity index (χ4v) is 3.27. The van der Waals surface area contributed by atoms with Crippen molar-refractivity contribution in [3.05, 3.63) is 24.3 Å². The summed E-state index contributed by atoms with van der Waals surface area (Å²) in [6, 6.07) is 0. The fraction of sp³-hybridized carbons (Fsp3) is 0.714. The molecule has 1 unspecified atom stereocenters. The molecule has 4 heteroatoms. The van der Waals surface area contributed by atoms with Gasteiger partial charge >= 0.3 is 5.97 Å². The van der Waals surface area contributed by atoms with Crippen LogP contribution >= 0.6 is 0 Å². The van der Waals surface area contributed by atoms with Gasteiger partial charge in [0, 0.05) is 18.8 Å². The van der Waals surface area contributed by atoms with E-state index in [0.29, 0.717) is 31.0 Å². The lowest BCUT2D eigenvalue weighted by atomic mass is 9.91. The Morgan fingerprint density at radius 3 is 2.84 bits per heavy atom. The maximum atomic E-state index is 12.1. The van der Waals surface area contributed by atoms with Crippen molar-refractivity contribution in [3.63, 3.8) is 0 Å². The predicted molar refractivity (Wildman–Crippen MR) is 100 cm³/mol. The highest BCUT2D eigenvalue weighted by Gasteiger charge is 2.31. The second-order valence-electron chi connectivity index (χ2n) is 6.91. The van der Waals surface area contributed by atoms with Crippen molar-refractivity contribution in [3.8, 4) is 0 Å². The lowest BCUT2D eigenvalue weighted by Crippen LogP contribution is -2.12. The summed E-state index contributed by atoms with van der Waals surface area (Å²) in [6.07, 6.45) is 16.1. The number of Topliss-reactive ketones (excluding diaryl/α,β-unsaturated/α-hetero) is 1. The molecule has 25 heavy (non-hydrogen) atoms. The third-order valence-corrected chi connectivity index (χ3v) is 4.87. The molecule has 142 valence electrons. The number of hydrogen-bond acceptors (Lipinski definition) is 4. The number of esters is 1. The van der Waals surface area contributed by atoms with Crippen LogP contribution in [0, 0.1) is 11.8 Å². The first-order valence-electron chi connectivity index (χ1n) is 9.67. The number of aliphatic hydroxyl groups is 1. The minimum Gasteiger partial charge on any atom is -0.469 e.